The zero-order valence-electron chi connectivity index (χ0n) is 12.4. The molecule has 1 fully saturated rings. The van der Waals surface area contributed by atoms with E-state index in [0.29, 0.717) is 16.9 Å². The van der Waals surface area contributed by atoms with Crippen LogP contribution >= 0.6 is 0 Å². The van der Waals surface area contributed by atoms with Gasteiger partial charge in [-0.2, -0.15) is 0 Å². The van der Waals surface area contributed by atoms with Gasteiger partial charge in [0.2, 0.25) is 0 Å². The first kappa shape index (κ1) is 13.4. The molecule has 1 aliphatic carbocycles. The maximum Gasteiger partial charge on any atom is 0.126 e. The van der Waals surface area contributed by atoms with E-state index < -0.39 is 0 Å². The van der Waals surface area contributed by atoms with E-state index in [0.717, 1.165) is 11.5 Å². The molecule has 1 aromatic rings. The van der Waals surface area contributed by atoms with E-state index in [1.54, 1.807) is 0 Å². The van der Waals surface area contributed by atoms with Crippen LogP contribution in [0.3, 0.4) is 0 Å². The van der Waals surface area contributed by atoms with E-state index in [1.807, 2.05) is 13.0 Å². The Morgan fingerprint density at radius 3 is 2.28 bits per heavy atom. The third kappa shape index (κ3) is 3.47. The van der Waals surface area contributed by atoms with E-state index in [1.165, 1.54) is 19.3 Å². The minimum absolute atomic E-state index is 0.420. The first-order valence-corrected chi connectivity index (χ1v) is 6.96. The Morgan fingerprint density at radius 2 is 1.72 bits per heavy atom. The van der Waals surface area contributed by atoms with Crippen LogP contribution in [0.2, 0.25) is 0 Å². The number of hydrogen-bond acceptors (Lipinski definition) is 2. The van der Waals surface area contributed by atoms with Crippen LogP contribution in [-0.2, 0) is 0 Å². The summed E-state index contributed by atoms with van der Waals surface area (Å²) in [5.41, 5.74) is 1.92. The molecule has 2 rings (SSSR count). The van der Waals surface area contributed by atoms with Gasteiger partial charge in [-0.3, -0.25) is 0 Å². The number of rotatable bonds is 2. The molecule has 18 heavy (non-hydrogen) atoms. The maximum absolute atomic E-state index is 4.55. The maximum atomic E-state index is 4.55. The van der Waals surface area contributed by atoms with Crippen LogP contribution in [0.1, 0.15) is 52.7 Å². The van der Waals surface area contributed by atoms with E-state index in [-0.39, 0.29) is 0 Å². The number of aryl methyl sites for hydroxylation is 1. The fraction of sp³-hybridized carbons (Fsp3) is 0.688. The largest absolute Gasteiger partial charge is 0.367 e. The van der Waals surface area contributed by atoms with Gasteiger partial charge in [-0.1, -0.05) is 33.8 Å². The number of nitrogens with zero attached hydrogens (tertiary/aromatic N) is 1. The topological polar surface area (TPSA) is 24.9 Å². The van der Waals surface area contributed by atoms with Gasteiger partial charge in [-0.15, -0.1) is 0 Å². The van der Waals surface area contributed by atoms with Crippen LogP contribution in [-0.4, -0.2) is 11.0 Å². The molecular weight excluding hydrogens is 220 g/mol. The van der Waals surface area contributed by atoms with E-state index >= 15 is 0 Å². The Balaban J connectivity index is 2.09. The summed E-state index contributed by atoms with van der Waals surface area (Å²) in [7, 11) is 0. The van der Waals surface area contributed by atoms with Crippen molar-refractivity contribution < 1.29 is 0 Å². The minimum atomic E-state index is 0.420. The summed E-state index contributed by atoms with van der Waals surface area (Å²) in [6.07, 6.45) is 3.76. The van der Waals surface area contributed by atoms with Crippen molar-refractivity contribution in [3.63, 3.8) is 0 Å². The number of pyridine rings is 1. The van der Waals surface area contributed by atoms with Gasteiger partial charge in [0.15, 0.2) is 0 Å². The lowest BCUT2D eigenvalue weighted by atomic mass is 9.63. The second-order valence-corrected chi connectivity index (χ2v) is 7.42. The zero-order valence-corrected chi connectivity index (χ0v) is 12.4. The molecule has 0 amide bonds. The molecule has 0 radical (unpaired) electrons. The summed E-state index contributed by atoms with van der Waals surface area (Å²) in [6, 6.07) is 6.73. The second kappa shape index (κ2) is 4.56. The predicted molar refractivity (Wildman–Crippen MR) is 77.8 cm³/mol. The van der Waals surface area contributed by atoms with Crippen molar-refractivity contribution >= 4 is 5.82 Å². The average Bonchev–Trinajstić information content (AvgIpc) is 2.11. The third-order valence-corrected chi connectivity index (χ3v) is 3.80. The molecule has 0 aliphatic heterocycles. The van der Waals surface area contributed by atoms with Crippen molar-refractivity contribution in [1.29, 1.82) is 0 Å². The third-order valence-electron chi connectivity index (χ3n) is 3.80. The highest BCUT2D eigenvalue weighted by atomic mass is 15.0. The molecule has 1 saturated carbocycles. The molecule has 0 unspecified atom stereocenters. The molecule has 2 nitrogen and oxygen atoms in total. The molecule has 1 aliphatic rings. The molecule has 1 N–H and O–H groups in total. The summed E-state index contributed by atoms with van der Waals surface area (Å²) in [5, 5.41) is 3.62. The van der Waals surface area contributed by atoms with E-state index in [2.05, 4.69) is 50.1 Å². The van der Waals surface area contributed by atoms with Crippen molar-refractivity contribution in [2.24, 2.45) is 10.8 Å². The molecule has 100 valence electrons. The van der Waals surface area contributed by atoms with Crippen molar-refractivity contribution in [3.05, 3.63) is 23.9 Å². The van der Waals surface area contributed by atoms with E-state index in [4.69, 9.17) is 0 Å². The zero-order chi connectivity index (χ0) is 13.4. The molecule has 0 bridgehead atoms. The second-order valence-electron chi connectivity index (χ2n) is 7.42. The summed E-state index contributed by atoms with van der Waals surface area (Å²) in [6.45, 7) is 11.6. The Labute approximate surface area is 111 Å². The van der Waals surface area contributed by atoms with E-state index in [9.17, 15) is 0 Å². The lowest BCUT2D eigenvalue weighted by molar-refractivity contribution is 0.105. The molecule has 0 saturated heterocycles. The quantitative estimate of drug-likeness (QED) is 0.836. The van der Waals surface area contributed by atoms with Gasteiger partial charge >= 0.3 is 0 Å². The fourth-order valence-electron chi connectivity index (χ4n) is 3.78. The molecule has 1 aromatic heterocycles. The number of hydrogen-bond donors (Lipinski definition) is 1. The molecule has 0 aromatic carbocycles. The Kier molecular flexibility index (Phi) is 3.39. The van der Waals surface area contributed by atoms with Crippen LogP contribution in [0.15, 0.2) is 18.2 Å². The Morgan fingerprint density at radius 1 is 1.11 bits per heavy atom. The first-order chi connectivity index (χ1) is 8.26. The number of aromatic nitrogens is 1. The highest BCUT2D eigenvalue weighted by molar-refractivity contribution is 5.36. The lowest BCUT2D eigenvalue weighted by Crippen LogP contribution is -2.40. The van der Waals surface area contributed by atoms with Crippen LogP contribution in [0.25, 0.3) is 0 Å². The first-order valence-electron chi connectivity index (χ1n) is 6.96. The van der Waals surface area contributed by atoms with Gasteiger partial charge in [0.25, 0.3) is 0 Å². The van der Waals surface area contributed by atoms with Gasteiger partial charge in [-0.05, 0) is 49.1 Å². The normalized spacial score (nSPS) is 22.7. The minimum Gasteiger partial charge on any atom is -0.367 e. The Bertz CT molecular complexity index is 405. The summed E-state index contributed by atoms with van der Waals surface area (Å²) in [4.78, 5) is 4.55. The smallest absolute Gasteiger partial charge is 0.126 e. The molecule has 0 spiro atoms. The summed E-state index contributed by atoms with van der Waals surface area (Å²) in [5.74, 6) is 1.02. The van der Waals surface area contributed by atoms with Crippen LogP contribution in [0.4, 0.5) is 5.82 Å². The van der Waals surface area contributed by atoms with Crippen molar-refractivity contribution in [1.82, 2.24) is 4.98 Å². The standard InChI is InChI=1S/C16H26N2/c1-12-7-6-8-14(17-12)18-13-9-15(2,3)11-16(4,5)10-13/h6-8,13H,9-11H2,1-5H3,(H,17,18). The van der Waals surface area contributed by atoms with Gasteiger partial charge in [0.1, 0.15) is 5.82 Å². The van der Waals surface area contributed by atoms with Crippen molar-refractivity contribution in [3.8, 4) is 0 Å². The lowest BCUT2D eigenvalue weighted by Gasteiger charge is -2.45. The SMILES string of the molecule is Cc1cccc(NC2CC(C)(C)CC(C)(C)C2)n1. The molecular formula is C16H26N2. The molecule has 2 heteroatoms. The molecule has 1 heterocycles. The highest BCUT2D eigenvalue weighted by Gasteiger charge is 2.38. The average molecular weight is 246 g/mol. The van der Waals surface area contributed by atoms with Crippen molar-refractivity contribution in [2.75, 3.05) is 5.32 Å². The number of anilines is 1. The van der Waals surface area contributed by atoms with Gasteiger partial charge in [0, 0.05) is 11.7 Å². The number of nitrogens with one attached hydrogen (secondary N) is 1. The van der Waals surface area contributed by atoms with Gasteiger partial charge < -0.3 is 5.32 Å². The predicted octanol–water partition coefficient (Wildman–Crippen LogP) is 4.41. The van der Waals surface area contributed by atoms with Crippen molar-refractivity contribution in [2.45, 2.75) is 59.9 Å². The molecule has 0 atom stereocenters. The van der Waals surface area contributed by atoms with Crippen LogP contribution < -0.4 is 5.32 Å². The summed E-state index contributed by atoms with van der Waals surface area (Å²) >= 11 is 0. The summed E-state index contributed by atoms with van der Waals surface area (Å²) < 4.78 is 0. The van der Waals surface area contributed by atoms with Gasteiger partial charge in [0.05, 0.1) is 0 Å². The van der Waals surface area contributed by atoms with Crippen LogP contribution in [0.5, 0.6) is 0 Å². The monoisotopic (exact) mass is 246 g/mol. The highest BCUT2D eigenvalue weighted by Crippen LogP contribution is 2.46. The fourth-order valence-corrected chi connectivity index (χ4v) is 3.78. The Hall–Kier alpha value is -1.05. The van der Waals surface area contributed by atoms with Gasteiger partial charge in [-0.25, -0.2) is 4.98 Å². The van der Waals surface area contributed by atoms with Crippen LogP contribution in [0, 0.1) is 17.8 Å².